The Hall–Kier alpha value is -2.35. The van der Waals surface area contributed by atoms with E-state index in [2.05, 4.69) is 16.7 Å². The molecule has 0 radical (unpaired) electrons. The monoisotopic (exact) mass is 255 g/mol. The van der Waals surface area contributed by atoms with E-state index < -0.39 is 6.04 Å². The molecular formula is C14H13N3O2. The summed E-state index contributed by atoms with van der Waals surface area (Å²) >= 11 is 0. The maximum atomic E-state index is 12.0. The lowest BCUT2D eigenvalue weighted by molar-refractivity contribution is -0.137. The van der Waals surface area contributed by atoms with Crippen LogP contribution in [0.4, 0.5) is 0 Å². The lowest BCUT2D eigenvalue weighted by Gasteiger charge is -2.28. The topological polar surface area (TPSA) is 82.0 Å². The molecule has 0 spiro atoms. The van der Waals surface area contributed by atoms with Crippen LogP contribution in [-0.4, -0.2) is 17.9 Å². The number of hydrogen-bond acceptors (Lipinski definition) is 3. The van der Waals surface area contributed by atoms with Crippen molar-refractivity contribution >= 4 is 11.8 Å². The molecule has 1 aliphatic carbocycles. The van der Waals surface area contributed by atoms with Crippen LogP contribution in [0.25, 0.3) is 0 Å². The van der Waals surface area contributed by atoms with Gasteiger partial charge in [-0.2, -0.15) is 5.26 Å². The summed E-state index contributed by atoms with van der Waals surface area (Å²) in [6.45, 7) is 0. The van der Waals surface area contributed by atoms with E-state index in [4.69, 9.17) is 5.26 Å². The first-order chi connectivity index (χ1) is 9.13. The smallest absolute Gasteiger partial charge is 0.243 e. The van der Waals surface area contributed by atoms with Gasteiger partial charge in [0.15, 0.2) is 0 Å². The molecule has 5 heteroatoms. The molecule has 2 fully saturated rings. The summed E-state index contributed by atoms with van der Waals surface area (Å²) in [5.74, 6) is -0.226. The Bertz CT molecular complexity index is 591. The fourth-order valence-electron chi connectivity index (χ4n) is 2.34. The predicted molar refractivity (Wildman–Crippen MR) is 66.8 cm³/mol. The Morgan fingerprint density at radius 1 is 1.47 bits per heavy atom. The number of rotatable bonds is 3. The average molecular weight is 255 g/mol. The molecule has 1 aromatic carbocycles. The van der Waals surface area contributed by atoms with Crippen LogP contribution in [0.2, 0.25) is 0 Å². The van der Waals surface area contributed by atoms with E-state index in [0.717, 1.165) is 18.4 Å². The first-order valence-electron chi connectivity index (χ1n) is 6.25. The van der Waals surface area contributed by atoms with Crippen LogP contribution in [0.15, 0.2) is 24.3 Å². The fraction of sp³-hybridized carbons (Fsp3) is 0.357. The van der Waals surface area contributed by atoms with E-state index in [1.807, 2.05) is 18.2 Å². The van der Waals surface area contributed by atoms with Crippen LogP contribution in [-0.2, 0) is 15.1 Å². The van der Waals surface area contributed by atoms with Gasteiger partial charge in [-0.05, 0) is 30.5 Å². The summed E-state index contributed by atoms with van der Waals surface area (Å²) in [5.41, 5.74) is 1.21. The highest BCUT2D eigenvalue weighted by molar-refractivity contribution is 5.97. The Balaban J connectivity index is 1.74. The summed E-state index contributed by atoms with van der Waals surface area (Å²) in [5, 5.41) is 14.5. The van der Waals surface area contributed by atoms with Crippen LogP contribution in [0.5, 0.6) is 0 Å². The minimum absolute atomic E-state index is 0.0866. The quantitative estimate of drug-likeness (QED) is 0.774. The van der Waals surface area contributed by atoms with Crippen molar-refractivity contribution in [3.05, 3.63) is 35.4 Å². The number of benzene rings is 1. The Morgan fingerprint density at radius 2 is 2.21 bits per heavy atom. The van der Waals surface area contributed by atoms with Gasteiger partial charge in [0.1, 0.15) is 6.04 Å². The van der Waals surface area contributed by atoms with Gasteiger partial charge in [0, 0.05) is 0 Å². The third-order valence-electron chi connectivity index (χ3n) is 3.70. The molecule has 0 aromatic heterocycles. The van der Waals surface area contributed by atoms with Crippen LogP contribution >= 0.6 is 0 Å². The molecule has 2 aliphatic rings. The largest absolute Gasteiger partial charge is 0.345 e. The van der Waals surface area contributed by atoms with E-state index in [0.29, 0.717) is 5.56 Å². The predicted octanol–water partition coefficient (Wildman–Crippen LogP) is 0.552. The summed E-state index contributed by atoms with van der Waals surface area (Å²) in [6.07, 6.45) is 2.00. The van der Waals surface area contributed by atoms with Crippen molar-refractivity contribution in [2.45, 2.75) is 30.8 Å². The molecule has 1 unspecified atom stereocenters. The van der Waals surface area contributed by atoms with Gasteiger partial charge >= 0.3 is 0 Å². The Kier molecular flexibility index (Phi) is 2.53. The van der Waals surface area contributed by atoms with E-state index in [9.17, 15) is 9.59 Å². The standard InChI is InChI=1S/C14H13N3O2/c15-8-9-2-1-3-10(6-9)14(4-5-14)17-13(19)11-7-12(18)16-11/h1-3,6,11H,4-5,7H2,(H,16,18)(H,17,19). The molecule has 1 aromatic rings. The maximum absolute atomic E-state index is 12.0. The molecule has 1 aliphatic heterocycles. The molecule has 1 atom stereocenters. The van der Waals surface area contributed by atoms with E-state index >= 15 is 0 Å². The Labute approximate surface area is 110 Å². The second kappa shape index (κ2) is 4.09. The molecule has 5 nitrogen and oxygen atoms in total. The molecule has 0 bridgehead atoms. The summed E-state index contributed by atoms with van der Waals surface area (Å²) in [4.78, 5) is 22.8. The third-order valence-corrected chi connectivity index (χ3v) is 3.70. The van der Waals surface area contributed by atoms with Gasteiger partial charge in [0.2, 0.25) is 11.8 Å². The number of β-lactam (4-membered cyclic amide) rings is 1. The lowest BCUT2D eigenvalue weighted by atomic mass is 10.00. The number of amides is 2. The highest BCUT2D eigenvalue weighted by atomic mass is 16.2. The van der Waals surface area contributed by atoms with Crippen LogP contribution in [0, 0.1) is 11.3 Å². The fourth-order valence-corrected chi connectivity index (χ4v) is 2.34. The molecule has 1 saturated heterocycles. The first kappa shape index (κ1) is 11.7. The normalized spacial score (nSPS) is 22.7. The van der Waals surface area contributed by atoms with Gasteiger partial charge in [-0.3, -0.25) is 9.59 Å². The van der Waals surface area contributed by atoms with Gasteiger partial charge in [-0.1, -0.05) is 12.1 Å². The van der Waals surface area contributed by atoms with Gasteiger partial charge in [0.25, 0.3) is 0 Å². The average Bonchev–Trinajstić information content (AvgIpc) is 3.16. The Morgan fingerprint density at radius 3 is 2.79 bits per heavy atom. The minimum atomic E-state index is -0.399. The highest BCUT2D eigenvalue weighted by Crippen LogP contribution is 2.45. The number of nitriles is 1. The second-order valence-corrected chi connectivity index (χ2v) is 5.09. The second-order valence-electron chi connectivity index (χ2n) is 5.09. The molecule has 19 heavy (non-hydrogen) atoms. The van der Waals surface area contributed by atoms with Gasteiger partial charge in [0.05, 0.1) is 23.6 Å². The molecule has 3 rings (SSSR count). The molecule has 1 saturated carbocycles. The van der Waals surface area contributed by atoms with Crippen LogP contribution in [0.3, 0.4) is 0 Å². The van der Waals surface area contributed by atoms with Crippen molar-refractivity contribution in [2.24, 2.45) is 0 Å². The molecular weight excluding hydrogens is 242 g/mol. The van der Waals surface area contributed by atoms with Crippen molar-refractivity contribution in [1.29, 1.82) is 5.26 Å². The van der Waals surface area contributed by atoms with Crippen molar-refractivity contribution < 1.29 is 9.59 Å². The van der Waals surface area contributed by atoms with Crippen LogP contribution in [0.1, 0.15) is 30.4 Å². The zero-order valence-electron chi connectivity index (χ0n) is 10.3. The molecule has 2 amide bonds. The molecule has 2 N–H and O–H groups in total. The van der Waals surface area contributed by atoms with Gasteiger partial charge < -0.3 is 10.6 Å². The van der Waals surface area contributed by atoms with E-state index in [1.54, 1.807) is 6.07 Å². The molecule has 1 heterocycles. The third kappa shape index (κ3) is 2.06. The van der Waals surface area contributed by atoms with Crippen molar-refractivity contribution in [1.82, 2.24) is 10.6 Å². The minimum Gasteiger partial charge on any atom is -0.345 e. The summed E-state index contributed by atoms with van der Waals surface area (Å²) < 4.78 is 0. The first-order valence-corrected chi connectivity index (χ1v) is 6.25. The number of nitrogens with one attached hydrogen (secondary N) is 2. The zero-order valence-corrected chi connectivity index (χ0v) is 10.3. The van der Waals surface area contributed by atoms with Crippen LogP contribution < -0.4 is 10.6 Å². The number of hydrogen-bond donors (Lipinski definition) is 2. The van der Waals surface area contributed by atoms with Gasteiger partial charge in [-0.15, -0.1) is 0 Å². The number of nitrogens with zero attached hydrogens (tertiary/aromatic N) is 1. The van der Waals surface area contributed by atoms with Crippen molar-refractivity contribution in [2.75, 3.05) is 0 Å². The van der Waals surface area contributed by atoms with Crippen molar-refractivity contribution in [3.63, 3.8) is 0 Å². The van der Waals surface area contributed by atoms with E-state index in [1.165, 1.54) is 0 Å². The van der Waals surface area contributed by atoms with E-state index in [-0.39, 0.29) is 23.8 Å². The summed E-state index contributed by atoms with van der Waals surface area (Å²) in [7, 11) is 0. The molecule has 96 valence electrons. The van der Waals surface area contributed by atoms with Crippen molar-refractivity contribution in [3.8, 4) is 6.07 Å². The number of carbonyl (C=O) groups is 2. The number of carbonyl (C=O) groups excluding carboxylic acids is 2. The summed E-state index contributed by atoms with van der Waals surface area (Å²) in [6, 6.07) is 9.01. The lowest BCUT2D eigenvalue weighted by Crippen LogP contribution is -2.58. The SMILES string of the molecule is N#Cc1cccc(C2(NC(=O)C3CC(=O)N3)CC2)c1. The maximum Gasteiger partial charge on any atom is 0.243 e. The highest BCUT2D eigenvalue weighted by Gasteiger charge is 2.47. The zero-order chi connectivity index (χ0) is 13.5. The van der Waals surface area contributed by atoms with Gasteiger partial charge in [-0.25, -0.2) is 0 Å².